The molecule has 3 fully saturated rings. The third-order valence-corrected chi connectivity index (χ3v) is 18.5. The Bertz CT molecular complexity index is 2280. The van der Waals surface area contributed by atoms with Crippen LogP contribution in [0.4, 0.5) is 0 Å². The van der Waals surface area contributed by atoms with E-state index in [1.54, 1.807) is 6.08 Å². The number of allylic oxidation sites excluding steroid dienone is 19. The van der Waals surface area contributed by atoms with Crippen LogP contribution in [0.5, 0.6) is 0 Å². The lowest BCUT2D eigenvalue weighted by molar-refractivity contribution is -0.379. The molecule has 100 heavy (non-hydrogen) atoms. The van der Waals surface area contributed by atoms with E-state index in [0.717, 1.165) is 96.3 Å². The van der Waals surface area contributed by atoms with Crippen LogP contribution in [-0.4, -0.2) is 193 Å². The van der Waals surface area contributed by atoms with Crippen molar-refractivity contribution in [2.45, 2.75) is 356 Å². The van der Waals surface area contributed by atoms with Crippen LogP contribution in [-0.2, 0) is 33.2 Å². The fraction of sp³-hybridized carbons (Fsp3) is 0.741. The maximum absolute atomic E-state index is 13.5. The molecule has 3 heterocycles. The zero-order chi connectivity index (χ0) is 72.5. The summed E-state index contributed by atoms with van der Waals surface area (Å²) >= 11 is 0. The van der Waals surface area contributed by atoms with Crippen molar-refractivity contribution in [1.29, 1.82) is 0 Å². The third-order valence-electron chi connectivity index (χ3n) is 18.5. The summed E-state index contributed by atoms with van der Waals surface area (Å²) in [4.78, 5) is 13.5. The second kappa shape index (κ2) is 60.5. The van der Waals surface area contributed by atoms with Crippen molar-refractivity contribution >= 4 is 5.91 Å². The molecule has 3 rings (SSSR count). The van der Waals surface area contributed by atoms with Crippen LogP contribution in [0.1, 0.15) is 251 Å². The highest BCUT2D eigenvalue weighted by Gasteiger charge is 2.53. The van der Waals surface area contributed by atoms with Gasteiger partial charge in [0.2, 0.25) is 5.91 Å². The van der Waals surface area contributed by atoms with E-state index in [2.05, 4.69) is 129 Å². The average molecular weight is 1410 g/mol. The molecule has 3 aliphatic rings. The number of aliphatic hydroxyl groups is 11. The van der Waals surface area contributed by atoms with Crippen LogP contribution in [0.2, 0.25) is 0 Å². The SMILES string of the molecule is CC/C=C\C/C=C\C/C=C\C/C=C\C/C=C\C/C=C\C/C=C\C/C=C\CCCCCCC(=O)NC(COC1OC(CO)C(OC2OC(CO)C(OC3OC(CO)C(O)C(O)C3O)C(O)C2O)C(O)C1O)C(O)/C=C/CC/C=C/CCCCCCCCCCCCCCCCCCCCCC. The highest BCUT2D eigenvalue weighted by Crippen LogP contribution is 2.33. The Labute approximate surface area is 601 Å². The lowest BCUT2D eigenvalue weighted by atomic mass is 9.96. The van der Waals surface area contributed by atoms with Gasteiger partial charge in [-0.1, -0.05) is 270 Å². The fourth-order valence-electron chi connectivity index (χ4n) is 12.3. The zero-order valence-corrected chi connectivity index (χ0v) is 61.1. The summed E-state index contributed by atoms with van der Waals surface area (Å²) in [5.74, 6) is -0.313. The van der Waals surface area contributed by atoms with Gasteiger partial charge in [0.05, 0.1) is 38.6 Å². The number of unbranched alkanes of at least 4 members (excludes halogenated alkanes) is 25. The van der Waals surface area contributed by atoms with Crippen LogP contribution in [0, 0.1) is 0 Å². The van der Waals surface area contributed by atoms with Crippen LogP contribution in [0.25, 0.3) is 0 Å². The first kappa shape index (κ1) is 90.4. The van der Waals surface area contributed by atoms with Gasteiger partial charge in [-0.2, -0.15) is 0 Å². The molecule has 17 unspecified atom stereocenters. The van der Waals surface area contributed by atoms with Gasteiger partial charge in [-0.05, 0) is 96.3 Å². The van der Waals surface area contributed by atoms with Crippen LogP contribution in [0.3, 0.4) is 0 Å². The Hall–Kier alpha value is -3.81. The predicted molar refractivity (Wildman–Crippen MR) is 397 cm³/mol. The molecule has 19 nitrogen and oxygen atoms in total. The Morgan fingerprint density at radius 2 is 0.700 bits per heavy atom. The first-order valence-electron chi connectivity index (χ1n) is 38.8. The minimum atomic E-state index is -1.99. The number of amides is 1. The summed E-state index contributed by atoms with van der Waals surface area (Å²) < 4.78 is 34.4. The number of nitrogens with one attached hydrogen (secondary N) is 1. The quantitative estimate of drug-likeness (QED) is 0.0199. The summed E-state index contributed by atoms with van der Waals surface area (Å²) in [6.07, 6.45) is 57.5. The molecule has 0 aromatic carbocycles. The van der Waals surface area contributed by atoms with Crippen molar-refractivity contribution in [3.8, 4) is 0 Å². The third kappa shape index (κ3) is 40.5. The summed E-state index contributed by atoms with van der Waals surface area (Å²) in [7, 11) is 0. The fourth-order valence-corrected chi connectivity index (χ4v) is 12.3. The Kier molecular flexibility index (Phi) is 54.7. The summed E-state index contributed by atoms with van der Waals surface area (Å²) in [5, 5.41) is 121. The van der Waals surface area contributed by atoms with Gasteiger partial charge in [-0.3, -0.25) is 4.79 Å². The summed E-state index contributed by atoms with van der Waals surface area (Å²) in [6, 6.07) is -1.02. The van der Waals surface area contributed by atoms with Gasteiger partial charge in [0.15, 0.2) is 18.9 Å². The summed E-state index contributed by atoms with van der Waals surface area (Å²) in [5.41, 5.74) is 0. The number of carbonyl (C=O) groups is 1. The number of ether oxygens (including phenoxy) is 6. The van der Waals surface area contributed by atoms with Crippen molar-refractivity contribution in [2.24, 2.45) is 0 Å². The van der Waals surface area contributed by atoms with Crippen molar-refractivity contribution in [2.75, 3.05) is 26.4 Å². The molecule has 0 aromatic heterocycles. The van der Waals surface area contributed by atoms with Crippen LogP contribution in [0.15, 0.2) is 122 Å². The largest absolute Gasteiger partial charge is 0.394 e. The van der Waals surface area contributed by atoms with E-state index < -0.39 is 124 Å². The average Bonchev–Trinajstić information content (AvgIpc) is 0.783. The number of hydrogen-bond acceptors (Lipinski definition) is 18. The second-order valence-corrected chi connectivity index (χ2v) is 27.1. The van der Waals surface area contributed by atoms with Gasteiger partial charge in [0, 0.05) is 6.42 Å². The van der Waals surface area contributed by atoms with Gasteiger partial charge < -0.3 is 89.9 Å². The second-order valence-electron chi connectivity index (χ2n) is 27.1. The van der Waals surface area contributed by atoms with E-state index in [0.29, 0.717) is 12.8 Å². The maximum Gasteiger partial charge on any atom is 0.220 e. The molecule has 19 heteroatoms. The standard InChI is InChI=1S/C81H137NO18/c1-3-5-7-9-11-13-15-17-19-21-23-25-27-29-31-32-33-35-37-39-41-43-45-47-49-51-53-55-57-59-69(87)82-64(65(86)58-56-54-52-50-48-46-44-42-40-38-36-34-30-28-26-24-22-20-18-16-14-12-10-8-6-4-2)63-95-79-75(93)72(90)77(67(61-84)97-79)100-81-76(94)73(91)78(68(62-85)98-81)99-80-74(92)71(89)70(88)66(60-83)96-80/h5,7,11,13,17,19,23,25,29,31,33,35,39,41,45,47-48,50,56,58,64-68,70-81,83-86,88-94H,3-4,6,8-10,12,14-16,18,20-22,24,26-28,30,32,34,36-38,40,42-44,46,49,51-55,57,59-63H2,1-2H3,(H,82,87)/b7-5-,13-11-,19-17-,25-23-,31-29-,35-33-,41-39-,47-45-,50-48+,58-56+. The lowest BCUT2D eigenvalue weighted by Crippen LogP contribution is -2.66. The van der Waals surface area contributed by atoms with Crippen molar-refractivity contribution in [3.05, 3.63) is 122 Å². The van der Waals surface area contributed by atoms with Crippen molar-refractivity contribution in [1.82, 2.24) is 5.32 Å². The molecular weight excluding hydrogens is 1270 g/mol. The van der Waals surface area contributed by atoms with E-state index in [4.69, 9.17) is 28.4 Å². The Morgan fingerprint density at radius 3 is 1.12 bits per heavy atom. The molecule has 574 valence electrons. The molecule has 0 aliphatic carbocycles. The van der Waals surface area contributed by atoms with Crippen molar-refractivity contribution in [3.63, 3.8) is 0 Å². The number of carbonyl (C=O) groups excluding carboxylic acids is 1. The molecule has 17 atom stereocenters. The molecule has 3 saturated heterocycles. The maximum atomic E-state index is 13.5. The van der Waals surface area contributed by atoms with Gasteiger partial charge in [-0.25, -0.2) is 0 Å². The summed E-state index contributed by atoms with van der Waals surface area (Å²) in [6.45, 7) is 1.59. The molecule has 1 amide bonds. The number of aliphatic hydroxyl groups excluding tert-OH is 11. The molecule has 0 saturated carbocycles. The molecule has 0 aromatic rings. The zero-order valence-electron chi connectivity index (χ0n) is 61.1. The minimum absolute atomic E-state index is 0.198. The van der Waals surface area contributed by atoms with E-state index >= 15 is 0 Å². The predicted octanol–water partition coefficient (Wildman–Crippen LogP) is 12.3. The van der Waals surface area contributed by atoms with E-state index in [1.165, 1.54) is 122 Å². The van der Waals surface area contributed by atoms with E-state index in [9.17, 15) is 61.0 Å². The Morgan fingerprint density at radius 1 is 0.370 bits per heavy atom. The topological polar surface area (TPSA) is 307 Å². The van der Waals surface area contributed by atoms with Gasteiger partial charge in [-0.15, -0.1) is 0 Å². The van der Waals surface area contributed by atoms with Gasteiger partial charge in [0.25, 0.3) is 0 Å². The first-order valence-corrected chi connectivity index (χ1v) is 38.8. The van der Waals surface area contributed by atoms with E-state index in [1.807, 2.05) is 6.08 Å². The smallest absolute Gasteiger partial charge is 0.220 e. The van der Waals surface area contributed by atoms with Gasteiger partial charge in [0.1, 0.15) is 73.2 Å². The normalized spacial score (nSPS) is 27.1. The first-order chi connectivity index (χ1) is 48.8. The van der Waals surface area contributed by atoms with Crippen LogP contribution < -0.4 is 5.32 Å². The molecule has 3 aliphatic heterocycles. The monoisotopic (exact) mass is 1410 g/mol. The lowest BCUT2D eigenvalue weighted by Gasteiger charge is -2.48. The molecular formula is C81H137NO18. The number of rotatable bonds is 59. The molecule has 12 N–H and O–H groups in total. The number of hydrogen-bond donors (Lipinski definition) is 12. The molecule has 0 radical (unpaired) electrons. The van der Waals surface area contributed by atoms with Gasteiger partial charge >= 0.3 is 0 Å². The Balaban J connectivity index is 1.43. The highest BCUT2D eigenvalue weighted by molar-refractivity contribution is 5.76. The van der Waals surface area contributed by atoms with Crippen LogP contribution >= 0.6 is 0 Å². The van der Waals surface area contributed by atoms with Crippen molar-refractivity contribution < 1.29 is 89.4 Å². The van der Waals surface area contributed by atoms with E-state index in [-0.39, 0.29) is 18.9 Å². The molecule has 0 bridgehead atoms. The minimum Gasteiger partial charge on any atom is -0.394 e. The molecule has 0 spiro atoms. The highest BCUT2D eigenvalue weighted by atomic mass is 16.8.